The number of hydrogen-bond donors (Lipinski definition) is 1. The molecule has 3 amide bonds. The summed E-state index contributed by atoms with van der Waals surface area (Å²) in [5.41, 5.74) is 0.771. The average Bonchev–Trinajstić information content (AvgIpc) is 3.21. The quantitative estimate of drug-likeness (QED) is 0.750. The van der Waals surface area contributed by atoms with Crippen molar-refractivity contribution in [1.29, 1.82) is 0 Å². The van der Waals surface area contributed by atoms with E-state index in [-0.39, 0.29) is 22.9 Å². The number of imide groups is 1. The molecule has 11 heteroatoms. The Kier molecular flexibility index (Phi) is 4.94. The molecule has 2 aromatic rings. The number of fused-ring (bicyclic) bond motifs is 1. The van der Waals surface area contributed by atoms with E-state index in [2.05, 4.69) is 15.7 Å². The van der Waals surface area contributed by atoms with Crippen LogP contribution in [0, 0.1) is 18.6 Å². The van der Waals surface area contributed by atoms with Crippen LogP contribution in [0.15, 0.2) is 46.7 Å². The lowest BCUT2D eigenvalue weighted by molar-refractivity contribution is -0.123. The predicted molar refractivity (Wildman–Crippen MR) is 103 cm³/mol. The molecule has 0 bridgehead atoms. The summed E-state index contributed by atoms with van der Waals surface area (Å²) in [6.45, 7) is 1.21. The lowest BCUT2D eigenvalue weighted by Gasteiger charge is -2.20. The summed E-state index contributed by atoms with van der Waals surface area (Å²) in [6.07, 6.45) is 0. The third-order valence-electron chi connectivity index (χ3n) is 4.78. The van der Waals surface area contributed by atoms with Crippen molar-refractivity contribution in [2.24, 2.45) is 10.3 Å². The molecule has 2 unspecified atom stereocenters. The van der Waals surface area contributed by atoms with E-state index in [1.54, 1.807) is 6.92 Å². The van der Waals surface area contributed by atoms with Crippen LogP contribution in [0.1, 0.15) is 5.56 Å². The maximum Gasteiger partial charge on any atom is 0.263 e. The molecule has 1 saturated heterocycles. The summed E-state index contributed by atoms with van der Waals surface area (Å²) >= 11 is 5.75. The van der Waals surface area contributed by atoms with E-state index in [4.69, 9.17) is 11.6 Å². The van der Waals surface area contributed by atoms with Gasteiger partial charge in [0, 0.05) is 5.69 Å². The fourth-order valence-electron chi connectivity index (χ4n) is 3.25. The standard InChI is InChI=1S/C19H14ClF2N5O3/c1-9-2-3-10(6-14(9)22)23-15(28)8-26-17-16(24-25-26)18(29)27(19(17)30)11-4-5-13(21)12(20)7-11/h2-7,16-17H,8H2,1H3,(H,23,28). The second kappa shape index (κ2) is 7.45. The van der Waals surface area contributed by atoms with Gasteiger partial charge >= 0.3 is 0 Å². The van der Waals surface area contributed by atoms with Gasteiger partial charge in [0.15, 0.2) is 12.1 Å². The Balaban J connectivity index is 1.49. The van der Waals surface area contributed by atoms with Crippen molar-refractivity contribution in [3.05, 3.63) is 58.6 Å². The zero-order valence-corrected chi connectivity index (χ0v) is 16.2. The molecular weight excluding hydrogens is 420 g/mol. The molecule has 0 radical (unpaired) electrons. The van der Waals surface area contributed by atoms with E-state index in [1.807, 2.05) is 0 Å². The van der Waals surface area contributed by atoms with Crippen molar-refractivity contribution in [3.8, 4) is 0 Å². The summed E-state index contributed by atoms with van der Waals surface area (Å²) in [7, 11) is 0. The number of carbonyl (C=O) groups is 3. The monoisotopic (exact) mass is 433 g/mol. The Bertz CT molecular complexity index is 1110. The van der Waals surface area contributed by atoms with Crippen LogP contribution in [-0.4, -0.2) is 41.4 Å². The number of amides is 3. The van der Waals surface area contributed by atoms with Gasteiger partial charge in [-0.05, 0) is 42.8 Å². The molecule has 0 spiro atoms. The zero-order valence-electron chi connectivity index (χ0n) is 15.5. The Morgan fingerprint density at radius 1 is 1.13 bits per heavy atom. The number of nitrogens with one attached hydrogen (secondary N) is 1. The van der Waals surface area contributed by atoms with Crippen LogP contribution >= 0.6 is 11.6 Å². The number of aryl methyl sites for hydroxylation is 1. The van der Waals surface area contributed by atoms with E-state index >= 15 is 0 Å². The van der Waals surface area contributed by atoms with Crippen LogP contribution in [0.2, 0.25) is 5.02 Å². The summed E-state index contributed by atoms with van der Waals surface area (Å²) in [5.74, 6) is -3.04. The van der Waals surface area contributed by atoms with Gasteiger partial charge in [-0.15, -0.1) is 0 Å². The van der Waals surface area contributed by atoms with Gasteiger partial charge in [0.2, 0.25) is 5.91 Å². The van der Waals surface area contributed by atoms with Crippen molar-refractivity contribution in [3.63, 3.8) is 0 Å². The molecule has 8 nitrogen and oxygen atoms in total. The van der Waals surface area contributed by atoms with E-state index in [1.165, 1.54) is 24.3 Å². The smallest absolute Gasteiger partial charge is 0.263 e. The van der Waals surface area contributed by atoms with Gasteiger partial charge in [0.05, 0.1) is 10.7 Å². The fraction of sp³-hybridized carbons (Fsp3) is 0.211. The molecule has 4 rings (SSSR count). The maximum atomic E-state index is 13.6. The molecule has 0 saturated carbocycles. The highest BCUT2D eigenvalue weighted by Crippen LogP contribution is 2.33. The van der Waals surface area contributed by atoms with Crippen LogP contribution in [-0.2, 0) is 14.4 Å². The number of rotatable bonds is 4. The zero-order chi connectivity index (χ0) is 21.6. The first kappa shape index (κ1) is 19.9. The Morgan fingerprint density at radius 2 is 1.90 bits per heavy atom. The first-order chi connectivity index (χ1) is 14.3. The number of anilines is 2. The van der Waals surface area contributed by atoms with E-state index in [0.29, 0.717) is 5.56 Å². The second-order valence-corrected chi connectivity index (χ2v) is 7.22. The largest absolute Gasteiger partial charge is 0.324 e. The van der Waals surface area contributed by atoms with Gasteiger partial charge in [-0.25, -0.2) is 13.7 Å². The molecule has 30 heavy (non-hydrogen) atoms. The highest BCUT2D eigenvalue weighted by atomic mass is 35.5. The van der Waals surface area contributed by atoms with Gasteiger partial charge in [-0.3, -0.25) is 19.4 Å². The second-order valence-electron chi connectivity index (χ2n) is 6.81. The normalized spacial score (nSPS) is 20.1. The summed E-state index contributed by atoms with van der Waals surface area (Å²) in [5, 5.41) is 10.9. The number of benzene rings is 2. The predicted octanol–water partition coefficient (Wildman–Crippen LogP) is 2.86. The van der Waals surface area contributed by atoms with E-state index in [0.717, 1.165) is 22.0 Å². The minimum atomic E-state index is -1.12. The number of hydrogen-bond acceptors (Lipinski definition) is 6. The van der Waals surface area contributed by atoms with Crippen LogP contribution < -0.4 is 10.2 Å². The summed E-state index contributed by atoms with van der Waals surface area (Å²) < 4.78 is 27.1. The maximum absolute atomic E-state index is 13.6. The summed E-state index contributed by atoms with van der Waals surface area (Å²) in [6, 6.07) is 5.45. The highest BCUT2D eigenvalue weighted by Gasteiger charge is 2.55. The minimum Gasteiger partial charge on any atom is -0.324 e. The molecule has 0 aliphatic carbocycles. The number of nitrogens with zero attached hydrogens (tertiary/aromatic N) is 4. The third kappa shape index (κ3) is 3.39. The van der Waals surface area contributed by atoms with Gasteiger partial charge < -0.3 is 5.32 Å². The van der Waals surface area contributed by atoms with E-state index < -0.39 is 41.4 Å². The van der Waals surface area contributed by atoms with Gasteiger partial charge in [-0.2, -0.15) is 5.11 Å². The van der Waals surface area contributed by atoms with Gasteiger partial charge in [-0.1, -0.05) is 22.9 Å². The lowest BCUT2D eigenvalue weighted by atomic mass is 10.1. The SMILES string of the molecule is Cc1ccc(NC(=O)CN2N=NC3C(=O)N(c4ccc(F)c(Cl)c4)C(=O)C32)cc1F. The molecule has 154 valence electrons. The van der Waals surface area contributed by atoms with Crippen molar-refractivity contribution in [1.82, 2.24) is 5.01 Å². The third-order valence-corrected chi connectivity index (χ3v) is 5.07. The number of carbonyl (C=O) groups excluding carboxylic acids is 3. The fourth-order valence-corrected chi connectivity index (χ4v) is 3.43. The molecule has 1 N–H and O–H groups in total. The molecule has 2 aliphatic rings. The van der Waals surface area contributed by atoms with Crippen molar-refractivity contribution < 1.29 is 23.2 Å². The molecule has 1 fully saturated rings. The molecule has 2 aromatic carbocycles. The molecule has 2 aliphatic heterocycles. The molecule has 2 heterocycles. The topological polar surface area (TPSA) is 94.4 Å². The highest BCUT2D eigenvalue weighted by molar-refractivity contribution is 6.32. The first-order valence-corrected chi connectivity index (χ1v) is 9.20. The minimum absolute atomic E-state index is 0.0977. The van der Waals surface area contributed by atoms with Crippen molar-refractivity contribution in [2.75, 3.05) is 16.8 Å². The number of halogens is 3. The molecular formula is C19H14ClF2N5O3. The molecule has 2 atom stereocenters. The Morgan fingerprint density at radius 3 is 2.60 bits per heavy atom. The Labute approximate surface area is 174 Å². The molecule has 0 aromatic heterocycles. The lowest BCUT2D eigenvalue weighted by Crippen LogP contribution is -2.43. The van der Waals surface area contributed by atoms with Crippen LogP contribution in [0.4, 0.5) is 20.2 Å². The van der Waals surface area contributed by atoms with Crippen LogP contribution in [0.3, 0.4) is 0 Å². The van der Waals surface area contributed by atoms with Gasteiger partial charge in [0.1, 0.15) is 18.2 Å². The van der Waals surface area contributed by atoms with Gasteiger partial charge in [0.25, 0.3) is 11.8 Å². The van der Waals surface area contributed by atoms with Crippen molar-refractivity contribution >= 4 is 40.7 Å². The van der Waals surface area contributed by atoms with E-state index in [9.17, 15) is 23.2 Å². The first-order valence-electron chi connectivity index (χ1n) is 8.82. The van der Waals surface area contributed by atoms with Crippen LogP contribution in [0.5, 0.6) is 0 Å². The van der Waals surface area contributed by atoms with Crippen molar-refractivity contribution in [2.45, 2.75) is 19.0 Å². The average molecular weight is 434 g/mol. The summed E-state index contributed by atoms with van der Waals surface area (Å²) in [4.78, 5) is 38.7. The van der Waals surface area contributed by atoms with Crippen LogP contribution in [0.25, 0.3) is 0 Å². The Hall–Kier alpha value is -3.40.